The zero-order chi connectivity index (χ0) is 19.1. The number of benzene rings is 2. The van der Waals surface area contributed by atoms with Crippen molar-refractivity contribution in [1.82, 2.24) is 15.1 Å². The molecule has 3 rings (SSSR count). The van der Waals surface area contributed by atoms with E-state index in [-0.39, 0.29) is 5.91 Å². The molecule has 1 N–H and O–H groups in total. The van der Waals surface area contributed by atoms with Crippen LogP contribution < -0.4 is 10.1 Å². The fourth-order valence-electron chi connectivity index (χ4n) is 3.29. The number of amides is 1. The first-order chi connectivity index (χ1) is 13.2. The molecule has 0 aliphatic carbocycles. The first-order valence-corrected chi connectivity index (χ1v) is 9.58. The standard InChI is InChI=1S/C21H28N4O2/c1-3-22-21(25-14-12-24(13-15-25)17(2)26)23-11-16-27-20-10-6-8-18-7-4-5-9-19(18)20/h4-10H,3,11-16H2,1-2H3,(H,22,23). The lowest BCUT2D eigenvalue weighted by Gasteiger charge is -2.36. The maximum absolute atomic E-state index is 11.5. The summed E-state index contributed by atoms with van der Waals surface area (Å²) in [5.74, 6) is 1.92. The zero-order valence-corrected chi connectivity index (χ0v) is 16.1. The molecule has 1 aliphatic rings. The van der Waals surface area contributed by atoms with E-state index >= 15 is 0 Å². The van der Waals surface area contributed by atoms with Crippen LogP contribution in [0.5, 0.6) is 5.75 Å². The maximum Gasteiger partial charge on any atom is 0.219 e. The Labute approximate surface area is 160 Å². The van der Waals surface area contributed by atoms with Crippen LogP contribution in [-0.4, -0.2) is 67.5 Å². The number of nitrogens with one attached hydrogen (secondary N) is 1. The number of aliphatic imine (C=N–C) groups is 1. The monoisotopic (exact) mass is 368 g/mol. The molecule has 0 unspecified atom stereocenters. The van der Waals surface area contributed by atoms with E-state index in [2.05, 4.69) is 35.3 Å². The summed E-state index contributed by atoms with van der Waals surface area (Å²) in [6, 6.07) is 14.3. The Morgan fingerprint density at radius 2 is 1.78 bits per heavy atom. The van der Waals surface area contributed by atoms with Gasteiger partial charge in [0.15, 0.2) is 5.96 Å². The SMILES string of the molecule is CCNC(=NCCOc1cccc2ccccc12)N1CCN(C(C)=O)CC1. The lowest BCUT2D eigenvalue weighted by Crippen LogP contribution is -2.53. The first-order valence-electron chi connectivity index (χ1n) is 9.58. The molecule has 0 atom stereocenters. The maximum atomic E-state index is 11.5. The molecule has 1 heterocycles. The highest BCUT2D eigenvalue weighted by molar-refractivity contribution is 5.88. The van der Waals surface area contributed by atoms with Crippen molar-refractivity contribution in [2.24, 2.45) is 4.99 Å². The molecule has 0 spiro atoms. The van der Waals surface area contributed by atoms with Crippen molar-refractivity contribution < 1.29 is 9.53 Å². The molecule has 6 heteroatoms. The summed E-state index contributed by atoms with van der Waals surface area (Å²) in [6.45, 7) is 8.70. The van der Waals surface area contributed by atoms with Crippen molar-refractivity contribution in [1.29, 1.82) is 0 Å². The number of fused-ring (bicyclic) bond motifs is 1. The van der Waals surface area contributed by atoms with E-state index in [0.29, 0.717) is 13.2 Å². The van der Waals surface area contributed by atoms with Crippen molar-refractivity contribution in [3.05, 3.63) is 42.5 Å². The molecule has 1 fully saturated rings. The number of rotatable bonds is 5. The molecule has 2 aromatic carbocycles. The Bertz CT molecular complexity index is 792. The number of carbonyl (C=O) groups excluding carboxylic acids is 1. The number of ether oxygens (including phenoxy) is 1. The van der Waals surface area contributed by atoms with Gasteiger partial charge in [0.1, 0.15) is 12.4 Å². The van der Waals surface area contributed by atoms with E-state index in [4.69, 9.17) is 9.73 Å². The van der Waals surface area contributed by atoms with Crippen molar-refractivity contribution in [2.75, 3.05) is 45.9 Å². The van der Waals surface area contributed by atoms with Crippen LogP contribution in [0.4, 0.5) is 0 Å². The Kier molecular flexibility index (Phi) is 6.52. The van der Waals surface area contributed by atoms with E-state index in [0.717, 1.165) is 49.8 Å². The van der Waals surface area contributed by atoms with Crippen molar-refractivity contribution in [3.63, 3.8) is 0 Å². The van der Waals surface area contributed by atoms with Gasteiger partial charge in [-0.2, -0.15) is 0 Å². The normalized spacial score (nSPS) is 15.1. The minimum atomic E-state index is 0.139. The number of hydrogen-bond acceptors (Lipinski definition) is 3. The molecule has 0 aromatic heterocycles. The third-order valence-corrected chi connectivity index (χ3v) is 4.72. The van der Waals surface area contributed by atoms with Gasteiger partial charge in [0.05, 0.1) is 6.54 Å². The molecule has 1 amide bonds. The Morgan fingerprint density at radius 1 is 1.07 bits per heavy atom. The molecule has 144 valence electrons. The molecule has 2 aromatic rings. The summed E-state index contributed by atoms with van der Waals surface area (Å²) in [6.07, 6.45) is 0. The van der Waals surface area contributed by atoms with Crippen molar-refractivity contribution >= 4 is 22.6 Å². The van der Waals surface area contributed by atoms with Crippen LogP contribution in [0.1, 0.15) is 13.8 Å². The van der Waals surface area contributed by atoms with E-state index in [1.807, 2.05) is 29.2 Å². The average Bonchev–Trinajstić information content (AvgIpc) is 2.70. The van der Waals surface area contributed by atoms with Gasteiger partial charge >= 0.3 is 0 Å². The summed E-state index contributed by atoms with van der Waals surface area (Å²) in [4.78, 5) is 20.3. The molecule has 0 radical (unpaired) electrons. The lowest BCUT2D eigenvalue weighted by molar-refractivity contribution is -0.130. The number of guanidine groups is 1. The van der Waals surface area contributed by atoms with Gasteiger partial charge in [-0.25, -0.2) is 4.99 Å². The van der Waals surface area contributed by atoms with Gasteiger partial charge in [0.25, 0.3) is 0 Å². The van der Waals surface area contributed by atoms with Crippen molar-refractivity contribution in [2.45, 2.75) is 13.8 Å². The summed E-state index contributed by atoms with van der Waals surface area (Å²) in [5, 5.41) is 5.64. The van der Waals surface area contributed by atoms with Gasteiger partial charge in [-0.05, 0) is 18.4 Å². The van der Waals surface area contributed by atoms with Gasteiger partial charge in [-0.3, -0.25) is 4.79 Å². The molecule has 0 bridgehead atoms. The third-order valence-electron chi connectivity index (χ3n) is 4.72. The van der Waals surface area contributed by atoms with Crippen LogP contribution in [0.25, 0.3) is 10.8 Å². The second-order valence-electron chi connectivity index (χ2n) is 6.55. The Balaban J connectivity index is 1.57. The minimum absolute atomic E-state index is 0.139. The van der Waals surface area contributed by atoms with Crippen LogP contribution in [0.2, 0.25) is 0 Å². The van der Waals surface area contributed by atoms with E-state index in [9.17, 15) is 4.79 Å². The molecule has 1 saturated heterocycles. The summed E-state index contributed by atoms with van der Waals surface area (Å²) < 4.78 is 5.98. The summed E-state index contributed by atoms with van der Waals surface area (Å²) >= 11 is 0. The summed E-state index contributed by atoms with van der Waals surface area (Å²) in [5.41, 5.74) is 0. The molecule has 27 heavy (non-hydrogen) atoms. The fraction of sp³-hybridized carbons (Fsp3) is 0.429. The average molecular weight is 368 g/mol. The second kappa shape index (κ2) is 9.26. The van der Waals surface area contributed by atoms with E-state index < -0.39 is 0 Å². The van der Waals surface area contributed by atoms with E-state index in [1.54, 1.807) is 6.92 Å². The number of carbonyl (C=O) groups is 1. The van der Waals surface area contributed by atoms with Gasteiger partial charge in [0.2, 0.25) is 5.91 Å². The van der Waals surface area contributed by atoms with Crippen LogP contribution >= 0.6 is 0 Å². The van der Waals surface area contributed by atoms with Gasteiger partial charge in [-0.1, -0.05) is 36.4 Å². The van der Waals surface area contributed by atoms with Crippen LogP contribution in [0.15, 0.2) is 47.5 Å². The van der Waals surface area contributed by atoms with Gasteiger partial charge in [0, 0.05) is 45.0 Å². The highest BCUT2D eigenvalue weighted by atomic mass is 16.5. The fourth-order valence-corrected chi connectivity index (χ4v) is 3.29. The molecular weight excluding hydrogens is 340 g/mol. The minimum Gasteiger partial charge on any atom is -0.491 e. The predicted molar refractivity (Wildman–Crippen MR) is 109 cm³/mol. The highest BCUT2D eigenvalue weighted by Gasteiger charge is 2.20. The Hall–Kier alpha value is -2.76. The van der Waals surface area contributed by atoms with Crippen LogP contribution in [0.3, 0.4) is 0 Å². The summed E-state index contributed by atoms with van der Waals surface area (Å²) in [7, 11) is 0. The lowest BCUT2D eigenvalue weighted by atomic mass is 10.1. The van der Waals surface area contributed by atoms with Crippen molar-refractivity contribution in [3.8, 4) is 5.75 Å². The topological polar surface area (TPSA) is 57.2 Å². The van der Waals surface area contributed by atoms with Gasteiger partial charge in [-0.15, -0.1) is 0 Å². The third kappa shape index (κ3) is 4.90. The molecule has 6 nitrogen and oxygen atoms in total. The van der Waals surface area contributed by atoms with Crippen LogP contribution in [-0.2, 0) is 4.79 Å². The van der Waals surface area contributed by atoms with Crippen LogP contribution in [0, 0.1) is 0 Å². The molecule has 1 aliphatic heterocycles. The smallest absolute Gasteiger partial charge is 0.219 e. The quantitative estimate of drug-likeness (QED) is 0.500. The highest BCUT2D eigenvalue weighted by Crippen LogP contribution is 2.24. The molecule has 0 saturated carbocycles. The Morgan fingerprint density at radius 3 is 2.52 bits per heavy atom. The number of piperazine rings is 1. The van der Waals surface area contributed by atoms with E-state index in [1.165, 1.54) is 5.39 Å². The molecular formula is C21H28N4O2. The van der Waals surface area contributed by atoms with Gasteiger partial charge < -0.3 is 19.9 Å². The number of nitrogens with zero attached hydrogens (tertiary/aromatic N) is 3. The predicted octanol–water partition coefficient (Wildman–Crippen LogP) is 2.35. The first kappa shape index (κ1) is 19.0. The largest absolute Gasteiger partial charge is 0.491 e. The zero-order valence-electron chi connectivity index (χ0n) is 16.1. The second-order valence-corrected chi connectivity index (χ2v) is 6.55. The number of hydrogen-bond donors (Lipinski definition) is 1.